The topological polar surface area (TPSA) is 39.4 Å². The first-order valence-corrected chi connectivity index (χ1v) is 4.84. The summed E-state index contributed by atoms with van der Waals surface area (Å²) in [5.74, 6) is 0. The molecule has 0 radical (unpaired) electrons. The van der Waals surface area contributed by atoms with Crippen LogP contribution in [0.5, 0.6) is 0 Å². The first-order valence-electron chi connectivity index (χ1n) is 4.84. The highest BCUT2D eigenvalue weighted by Gasteiger charge is 2.08. The lowest BCUT2D eigenvalue weighted by molar-refractivity contribution is 0.941. The lowest BCUT2D eigenvalue weighted by Crippen LogP contribution is -2.17. The number of benzene rings is 1. The zero-order valence-corrected chi connectivity index (χ0v) is 8.30. The average molecular weight is 197 g/mol. The van der Waals surface area contributed by atoms with Gasteiger partial charge in [0.25, 0.3) is 0 Å². The number of nitrogens with zero attached hydrogens (tertiary/aromatic N) is 3. The highest BCUT2D eigenvalue weighted by Crippen LogP contribution is 2.21. The van der Waals surface area contributed by atoms with Crippen LogP contribution in [0, 0.1) is 11.3 Å². The van der Waals surface area contributed by atoms with Crippen molar-refractivity contribution in [3.05, 3.63) is 42.2 Å². The van der Waals surface area contributed by atoms with Gasteiger partial charge in [-0.2, -0.15) is 5.26 Å². The molecule has 1 aromatic carbocycles. The number of nitriles is 1. The molecule has 0 spiro atoms. The van der Waals surface area contributed by atoms with E-state index in [1.165, 1.54) is 0 Å². The standard InChI is InChI=1S/C12H11N3/c13-6-3-8-15-9-7-14-10-11-4-1-2-5-12(11)15/h1-2,4-5,7,9-10H,3,8H2. The molecule has 0 unspecified atom stereocenters. The molecule has 1 heterocycles. The van der Waals surface area contributed by atoms with Gasteiger partial charge in [-0.1, -0.05) is 18.2 Å². The van der Waals surface area contributed by atoms with Crippen LogP contribution in [0.3, 0.4) is 0 Å². The van der Waals surface area contributed by atoms with E-state index in [4.69, 9.17) is 5.26 Å². The Kier molecular flexibility index (Phi) is 2.80. The third kappa shape index (κ3) is 2.05. The van der Waals surface area contributed by atoms with Gasteiger partial charge in [0, 0.05) is 36.4 Å². The van der Waals surface area contributed by atoms with Crippen molar-refractivity contribution < 1.29 is 0 Å². The van der Waals surface area contributed by atoms with Crippen molar-refractivity contribution in [2.45, 2.75) is 6.42 Å². The molecule has 1 aliphatic heterocycles. The van der Waals surface area contributed by atoms with E-state index in [0.29, 0.717) is 13.0 Å². The molecule has 74 valence electrons. The molecule has 0 aliphatic carbocycles. The second kappa shape index (κ2) is 4.43. The molecule has 3 heteroatoms. The maximum absolute atomic E-state index is 8.58. The van der Waals surface area contributed by atoms with Crippen LogP contribution in [0.1, 0.15) is 12.0 Å². The third-order valence-corrected chi connectivity index (χ3v) is 2.26. The summed E-state index contributed by atoms with van der Waals surface area (Å²) >= 11 is 0. The van der Waals surface area contributed by atoms with Crippen LogP contribution in [-0.4, -0.2) is 12.8 Å². The fourth-order valence-corrected chi connectivity index (χ4v) is 1.55. The fraction of sp³-hybridized carbons (Fsp3) is 0.167. The number of fused-ring (bicyclic) bond motifs is 1. The minimum Gasteiger partial charge on any atom is -0.345 e. The lowest BCUT2D eigenvalue weighted by Gasteiger charge is -2.19. The molecule has 0 saturated heterocycles. The smallest absolute Gasteiger partial charge is 0.0640 e. The van der Waals surface area contributed by atoms with Crippen molar-refractivity contribution in [2.75, 3.05) is 11.4 Å². The van der Waals surface area contributed by atoms with Crippen LogP contribution in [0.2, 0.25) is 0 Å². The highest BCUT2D eigenvalue weighted by molar-refractivity contribution is 5.89. The van der Waals surface area contributed by atoms with Crippen molar-refractivity contribution in [3.63, 3.8) is 0 Å². The quantitative estimate of drug-likeness (QED) is 0.729. The predicted molar refractivity (Wildman–Crippen MR) is 60.8 cm³/mol. The molecule has 0 N–H and O–H groups in total. The van der Waals surface area contributed by atoms with Gasteiger partial charge in [0.05, 0.1) is 12.5 Å². The maximum atomic E-state index is 8.58. The predicted octanol–water partition coefficient (Wildman–Crippen LogP) is 2.31. The van der Waals surface area contributed by atoms with Gasteiger partial charge in [-0.15, -0.1) is 0 Å². The number of hydrogen-bond donors (Lipinski definition) is 0. The summed E-state index contributed by atoms with van der Waals surface area (Å²) < 4.78 is 0. The normalized spacial score (nSPS) is 13.1. The van der Waals surface area contributed by atoms with E-state index in [2.05, 4.69) is 11.1 Å². The van der Waals surface area contributed by atoms with E-state index in [-0.39, 0.29) is 0 Å². The molecule has 1 aliphatic rings. The van der Waals surface area contributed by atoms with Gasteiger partial charge in [-0.3, -0.25) is 4.99 Å². The Morgan fingerprint density at radius 3 is 3.07 bits per heavy atom. The van der Waals surface area contributed by atoms with Crippen LogP contribution in [-0.2, 0) is 0 Å². The largest absolute Gasteiger partial charge is 0.345 e. The molecular weight excluding hydrogens is 186 g/mol. The summed E-state index contributed by atoms with van der Waals surface area (Å²) in [5, 5.41) is 8.58. The Hall–Kier alpha value is -2.08. The highest BCUT2D eigenvalue weighted by atomic mass is 15.1. The molecule has 0 saturated carbocycles. The molecular formula is C12H11N3. The number of anilines is 1. The van der Waals surface area contributed by atoms with E-state index in [1.807, 2.05) is 41.6 Å². The summed E-state index contributed by atoms with van der Waals surface area (Å²) in [7, 11) is 0. The van der Waals surface area contributed by atoms with Crippen LogP contribution >= 0.6 is 0 Å². The van der Waals surface area contributed by atoms with Crippen LogP contribution < -0.4 is 4.90 Å². The molecule has 2 rings (SSSR count). The number of hydrogen-bond acceptors (Lipinski definition) is 3. The van der Waals surface area contributed by atoms with Crippen molar-refractivity contribution >= 4 is 11.9 Å². The lowest BCUT2D eigenvalue weighted by atomic mass is 10.2. The first-order chi connectivity index (χ1) is 7.42. The molecule has 0 amide bonds. The van der Waals surface area contributed by atoms with Crippen molar-refractivity contribution in [1.82, 2.24) is 0 Å². The summed E-state index contributed by atoms with van der Waals surface area (Å²) in [6, 6.07) is 10.2. The number of para-hydroxylation sites is 1. The van der Waals surface area contributed by atoms with Crippen molar-refractivity contribution in [1.29, 1.82) is 5.26 Å². The maximum Gasteiger partial charge on any atom is 0.0640 e. The summed E-state index contributed by atoms with van der Waals surface area (Å²) in [4.78, 5) is 6.19. The van der Waals surface area contributed by atoms with E-state index < -0.39 is 0 Å². The van der Waals surface area contributed by atoms with E-state index in [1.54, 1.807) is 6.20 Å². The van der Waals surface area contributed by atoms with E-state index in [0.717, 1.165) is 11.3 Å². The molecule has 3 nitrogen and oxygen atoms in total. The Balaban J connectivity index is 2.32. The second-order valence-corrected chi connectivity index (χ2v) is 3.24. The molecule has 0 atom stereocenters. The molecule has 1 aromatic rings. The van der Waals surface area contributed by atoms with E-state index in [9.17, 15) is 0 Å². The minimum atomic E-state index is 0.513. The SMILES string of the molecule is N#CCCN1C=CN=Cc2ccccc21. The second-order valence-electron chi connectivity index (χ2n) is 3.24. The molecule has 0 aromatic heterocycles. The number of aliphatic imine (C=N–C) groups is 1. The van der Waals surface area contributed by atoms with Crippen LogP contribution in [0.25, 0.3) is 0 Å². The summed E-state index contributed by atoms with van der Waals surface area (Å²) in [6.45, 7) is 0.702. The van der Waals surface area contributed by atoms with Gasteiger partial charge in [0.1, 0.15) is 0 Å². The zero-order valence-electron chi connectivity index (χ0n) is 8.30. The Morgan fingerprint density at radius 1 is 1.33 bits per heavy atom. The van der Waals surface area contributed by atoms with E-state index >= 15 is 0 Å². The molecule has 0 fully saturated rings. The van der Waals surface area contributed by atoms with Gasteiger partial charge in [0.2, 0.25) is 0 Å². The van der Waals surface area contributed by atoms with Crippen molar-refractivity contribution in [2.24, 2.45) is 4.99 Å². The summed E-state index contributed by atoms with van der Waals surface area (Å²) in [6.07, 6.45) is 5.99. The minimum absolute atomic E-state index is 0.513. The Labute approximate surface area is 89.0 Å². The zero-order chi connectivity index (χ0) is 10.5. The van der Waals surface area contributed by atoms with Gasteiger partial charge in [-0.25, -0.2) is 0 Å². The number of rotatable bonds is 2. The monoisotopic (exact) mass is 197 g/mol. The van der Waals surface area contributed by atoms with Crippen molar-refractivity contribution in [3.8, 4) is 6.07 Å². The Bertz CT molecular complexity index is 440. The average Bonchev–Trinajstić information content (AvgIpc) is 2.49. The van der Waals surface area contributed by atoms with Gasteiger partial charge in [-0.05, 0) is 6.07 Å². The molecule has 15 heavy (non-hydrogen) atoms. The third-order valence-electron chi connectivity index (χ3n) is 2.26. The van der Waals surface area contributed by atoms with Crippen LogP contribution in [0.15, 0.2) is 41.7 Å². The Morgan fingerprint density at radius 2 is 2.20 bits per heavy atom. The fourth-order valence-electron chi connectivity index (χ4n) is 1.55. The summed E-state index contributed by atoms with van der Waals surface area (Å²) in [5.41, 5.74) is 2.19. The van der Waals surface area contributed by atoms with Crippen LogP contribution in [0.4, 0.5) is 5.69 Å². The van der Waals surface area contributed by atoms with Gasteiger partial charge in [0.15, 0.2) is 0 Å². The first kappa shape index (κ1) is 9.47. The van der Waals surface area contributed by atoms with Gasteiger partial charge >= 0.3 is 0 Å². The van der Waals surface area contributed by atoms with Gasteiger partial charge < -0.3 is 4.90 Å². The molecule has 0 bridgehead atoms.